The Morgan fingerprint density at radius 1 is 1.31 bits per heavy atom. The quantitative estimate of drug-likeness (QED) is 0.775. The molecule has 1 aliphatic rings. The Labute approximate surface area is 98.6 Å². The molecule has 0 radical (unpaired) electrons. The predicted molar refractivity (Wildman–Crippen MR) is 65.0 cm³/mol. The van der Waals surface area contributed by atoms with E-state index in [2.05, 4.69) is 26.1 Å². The normalized spacial score (nSPS) is 26.5. The number of amides is 1. The Hall–Kier alpha value is -0.570. The molecule has 2 N–H and O–H groups in total. The molecule has 1 saturated carbocycles. The minimum Gasteiger partial charge on any atom is -0.393 e. The molecule has 1 amide bonds. The predicted octanol–water partition coefficient (Wildman–Crippen LogP) is 2.09. The van der Waals surface area contributed by atoms with Gasteiger partial charge in [0.05, 0.1) is 6.10 Å². The third kappa shape index (κ3) is 4.97. The highest BCUT2D eigenvalue weighted by atomic mass is 16.3. The van der Waals surface area contributed by atoms with Crippen LogP contribution in [0.5, 0.6) is 0 Å². The first-order chi connectivity index (χ1) is 7.38. The molecule has 0 aromatic carbocycles. The molecule has 0 spiro atoms. The fraction of sp³-hybridized carbons (Fsp3) is 0.923. The Morgan fingerprint density at radius 3 is 2.50 bits per heavy atom. The summed E-state index contributed by atoms with van der Waals surface area (Å²) in [7, 11) is 0. The van der Waals surface area contributed by atoms with E-state index in [4.69, 9.17) is 0 Å². The molecule has 16 heavy (non-hydrogen) atoms. The maximum Gasteiger partial charge on any atom is 0.220 e. The van der Waals surface area contributed by atoms with Crippen molar-refractivity contribution in [1.29, 1.82) is 0 Å². The zero-order chi connectivity index (χ0) is 12.2. The molecule has 3 heteroatoms. The topological polar surface area (TPSA) is 49.3 Å². The lowest BCUT2D eigenvalue weighted by molar-refractivity contribution is -0.123. The molecule has 0 saturated heterocycles. The molecule has 3 nitrogen and oxygen atoms in total. The van der Waals surface area contributed by atoms with Crippen molar-refractivity contribution in [1.82, 2.24) is 5.32 Å². The van der Waals surface area contributed by atoms with Gasteiger partial charge in [0, 0.05) is 18.9 Å². The minimum absolute atomic E-state index is 0.0370. The van der Waals surface area contributed by atoms with Crippen LogP contribution >= 0.6 is 0 Å². The van der Waals surface area contributed by atoms with Crippen molar-refractivity contribution in [3.63, 3.8) is 0 Å². The van der Waals surface area contributed by atoms with Crippen LogP contribution in [0, 0.1) is 11.3 Å². The smallest absolute Gasteiger partial charge is 0.220 e. The molecular weight excluding hydrogens is 202 g/mol. The van der Waals surface area contributed by atoms with Crippen LogP contribution in [0.3, 0.4) is 0 Å². The zero-order valence-corrected chi connectivity index (χ0v) is 10.8. The van der Waals surface area contributed by atoms with Gasteiger partial charge in [-0.25, -0.2) is 0 Å². The third-order valence-corrected chi connectivity index (χ3v) is 3.12. The van der Waals surface area contributed by atoms with Crippen LogP contribution in [0.1, 0.15) is 52.9 Å². The number of aliphatic hydroxyl groups excluding tert-OH is 1. The summed E-state index contributed by atoms with van der Waals surface area (Å²) < 4.78 is 0. The number of rotatable bonds is 3. The van der Waals surface area contributed by atoms with Gasteiger partial charge in [-0.1, -0.05) is 33.6 Å². The number of carbonyl (C=O) groups is 1. The van der Waals surface area contributed by atoms with Crippen LogP contribution in [0.2, 0.25) is 0 Å². The summed E-state index contributed by atoms with van der Waals surface area (Å²) in [5, 5.41) is 12.7. The largest absolute Gasteiger partial charge is 0.393 e. The number of hydrogen-bond acceptors (Lipinski definition) is 2. The van der Waals surface area contributed by atoms with Crippen molar-refractivity contribution in [3.8, 4) is 0 Å². The molecule has 1 aliphatic carbocycles. The Kier molecular flexibility index (Phi) is 4.78. The van der Waals surface area contributed by atoms with E-state index in [1.807, 2.05) is 0 Å². The first-order valence-electron chi connectivity index (χ1n) is 6.33. The highest BCUT2D eigenvalue weighted by molar-refractivity contribution is 5.76. The van der Waals surface area contributed by atoms with E-state index in [-0.39, 0.29) is 23.3 Å². The van der Waals surface area contributed by atoms with Gasteiger partial charge in [0.1, 0.15) is 0 Å². The summed E-state index contributed by atoms with van der Waals surface area (Å²) >= 11 is 0. The number of nitrogens with one attached hydrogen (secondary N) is 1. The number of hydrogen-bond donors (Lipinski definition) is 2. The Balaban J connectivity index is 2.25. The third-order valence-electron chi connectivity index (χ3n) is 3.12. The lowest BCUT2D eigenvalue weighted by atomic mass is 9.86. The second-order valence-electron chi connectivity index (χ2n) is 6.15. The van der Waals surface area contributed by atoms with E-state index in [1.165, 1.54) is 6.42 Å². The van der Waals surface area contributed by atoms with Gasteiger partial charge in [-0.3, -0.25) is 4.79 Å². The second kappa shape index (κ2) is 5.67. The van der Waals surface area contributed by atoms with Crippen LogP contribution in [-0.2, 0) is 4.79 Å². The molecule has 0 aliphatic heterocycles. The van der Waals surface area contributed by atoms with E-state index < -0.39 is 0 Å². The molecule has 0 bridgehead atoms. The van der Waals surface area contributed by atoms with Crippen LogP contribution in [0.4, 0.5) is 0 Å². The van der Waals surface area contributed by atoms with Crippen LogP contribution in [0.25, 0.3) is 0 Å². The summed E-state index contributed by atoms with van der Waals surface area (Å²) in [6, 6.07) is 0. The van der Waals surface area contributed by atoms with Gasteiger partial charge in [-0.2, -0.15) is 0 Å². The summed E-state index contributed by atoms with van der Waals surface area (Å²) in [5.41, 5.74) is 0.0370. The van der Waals surface area contributed by atoms with Crippen molar-refractivity contribution < 1.29 is 9.90 Å². The van der Waals surface area contributed by atoms with Crippen molar-refractivity contribution in [2.75, 3.05) is 6.54 Å². The van der Waals surface area contributed by atoms with Gasteiger partial charge >= 0.3 is 0 Å². The van der Waals surface area contributed by atoms with Crippen LogP contribution in [-0.4, -0.2) is 23.7 Å². The van der Waals surface area contributed by atoms with Crippen LogP contribution in [0.15, 0.2) is 0 Å². The van der Waals surface area contributed by atoms with Gasteiger partial charge in [0.25, 0.3) is 0 Å². The fourth-order valence-corrected chi connectivity index (χ4v) is 2.22. The lowest BCUT2D eigenvalue weighted by Crippen LogP contribution is -2.37. The molecule has 2 atom stereocenters. The van der Waals surface area contributed by atoms with E-state index in [0.717, 1.165) is 19.3 Å². The van der Waals surface area contributed by atoms with Crippen molar-refractivity contribution in [2.45, 2.75) is 59.0 Å². The molecule has 1 fully saturated rings. The zero-order valence-electron chi connectivity index (χ0n) is 10.8. The first kappa shape index (κ1) is 13.5. The molecule has 0 aromatic rings. The van der Waals surface area contributed by atoms with Crippen molar-refractivity contribution in [2.24, 2.45) is 11.3 Å². The molecule has 94 valence electrons. The summed E-state index contributed by atoms with van der Waals surface area (Å²) in [6.07, 6.45) is 4.56. The first-order valence-corrected chi connectivity index (χ1v) is 6.33. The monoisotopic (exact) mass is 227 g/mol. The average Bonchev–Trinajstić information content (AvgIpc) is 2.14. The summed E-state index contributed by atoms with van der Waals surface area (Å²) in [4.78, 5) is 11.6. The highest BCUT2D eigenvalue weighted by Crippen LogP contribution is 2.24. The standard InChI is InChI=1S/C13H25NO2/c1-13(2,3)8-12(16)14-9-10-6-4-5-7-11(10)15/h10-11,15H,4-9H2,1-3H3,(H,14,16). The highest BCUT2D eigenvalue weighted by Gasteiger charge is 2.24. The van der Waals surface area contributed by atoms with E-state index in [9.17, 15) is 9.90 Å². The molecule has 0 heterocycles. The fourth-order valence-electron chi connectivity index (χ4n) is 2.22. The summed E-state index contributed by atoms with van der Waals surface area (Å²) in [6.45, 7) is 6.81. The Morgan fingerprint density at radius 2 is 1.94 bits per heavy atom. The van der Waals surface area contributed by atoms with Gasteiger partial charge in [0.15, 0.2) is 0 Å². The minimum atomic E-state index is -0.219. The Bertz CT molecular complexity index is 233. The second-order valence-corrected chi connectivity index (χ2v) is 6.15. The van der Waals surface area contributed by atoms with Gasteiger partial charge in [0.2, 0.25) is 5.91 Å². The van der Waals surface area contributed by atoms with Gasteiger partial charge < -0.3 is 10.4 Å². The molecule has 0 aromatic heterocycles. The maximum atomic E-state index is 11.6. The average molecular weight is 227 g/mol. The maximum absolute atomic E-state index is 11.6. The molecule has 1 rings (SSSR count). The lowest BCUT2D eigenvalue weighted by Gasteiger charge is -2.28. The summed E-state index contributed by atoms with van der Waals surface area (Å²) in [5.74, 6) is 0.364. The van der Waals surface area contributed by atoms with E-state index >= 15 is 0 Å². The van der Waals surface area contributed by atoms with E-state index in [1.54, 1.807) is 0 Å². The van der Waals surface area contributed by atoms with Crippen molar-refractivity contribution in [3.05, 3.63) is 0 Å². The van der Waals surface area contributed by atoms with Gasteiger partial charge in [-0.05, 0) is 18.3 Å². The SMILES string of the molecule is CC(C)(C)CC(=O)NCC1CCCCC1O. The van der Waals surface area contributed by atoms with Crippen molar-refractivity contribution >= 4 is 5.91 Å². The number of aliphatic hydroxyl groups is 1. The number of carbonyl (C=O) groups excluding carboxylic acids is 1. The van der Waals surface area contributed by atoms with Gasteiger partial charge in [-0.15, -0.1) is 0 Å². The van der Waals surface area contributed by atoms with E-state index in [0.29, 0.717) is 13.0 Å². The molecule has 2 unspecified atom stereocenters. The van der Waals surface area contributed by atoms with Crippen LogP contribution < -0.4 is 5.32 Å². The molecular formula is C13H25NO2.